The molecule has 12 heteroatoms. The number of nitrogens with zero attached hydrogens (tertiary/aromatic N) is 1. The number of likely N-dealkylation sites (N-methyl/N-ethyl adjacent to an activating group) is 1. The molecular formula is C22H23ClN2O9. The van der Waals surface area contributed by atoms with Gasteiger partial charge in [0, 0.05) is 10.6 Å². The van der Waals surface area contributed by atoms with Crippen molar-refractivity contribution in [3.8, 4) is 5.75 Å². The lowest BCUT2D eigenvalue weighted by Gasteiger charge is -2.55. The first-order valence-corrected chi connectivity index (χ1v) is 10.6. The fraction of sp³-hybridized carbons (Fsp3) is 0.409. The number of aliphatic hydroxyl groups is 5. The molecule has 0 aliphatic heterocycles. The van der Waals surface area contributed by atoms with Crippen LogP contribution >= 0.6 is 11.6 Å². The number of primary amides is 1. The molecule has 4 rings (SSSR count). The Bertz CT molecular complexity index is 1230. The van der Waals surface area contributed by atoms with Crippen LogP contribution in [0, 0.1) is 11.8 Å². The van der Waals surface area contributed by atoms with E-state index in [1.807, 2.05) is 0 Å². The van der Waals surface area contributed by atoms with Crippen LogP contribution in [0.5, 0.6) is 5.75 Å². The van der Waals surface area contributed by atoms with E-state index >= 15 is 0 Å². The van der Waals surface area contributed by atoms with Crippen molar-refractivity contribution in [2.75, 3.05) is 14.1 Å². The number of hydrogen-bond donors (Lipinski definition) is 7. The van der Waals surface area contributed by atoms with Crippen LogP contribution in [-0.4, -0.2) is 84.9 Å². The highest BCUT2D eigenvalue weighted by atomic mass is 35.5. The van der Waals surface area contributed by atoms with Crippen molar-refractivity contribution in [1.82, 2.24) is 4.90 Å². The first-order valence-electron chi connectivity index (χ1n) is 10.2. The van der Waals surface area contributed by atoms with Gasteiger partial charge in [0.2, 0.25) is 5.78 Å². The SMILES string of the molecule is CN(C)[C@@H]1C(=O)C(C(N)=O)=C(O)[C@@]2(O)C(=O)C3=C(O)c4c(O)ccc(Cl)c4[C@@](C)(O)[C@H]3[C@H](O)[C@@H]12. The number of aliphatic hydroxyl groups excluding tert-OH is 3. The highest BCUT2D eigenvalue weighted by molar-refractivity contribution is 6.32. The van der Waals surface area contributed by atoms with Gasteiger partial charge in [-0.05, 0) is 33.2 Å². The minimum Gasteiger partial charge on any atom is -0.508 e. The third kappa shape index (κ3) is 2.70. The summed E-state index contributed by atoms with van der Waals surface area (Å²) in [6.45, 7) is 1.19. The summed E-state index contributed by atoms with van der Waals surface area (Å²) in [4.78, 5) is 40.0. The van der Waals surface area contributed by atoms with Gasteiger partial charge in [0.25, 0.3) is 5.91 Å². The van der Waals surface area contributed by atoms with E-state index in [4.69, 9.17) is 17.3 Å². The van der Waals surface area contributed by atoms with Gasteiger partial charge >= 0.3 is 0 Å². The molecule has 1 amide bonds. The lowest BCUT2D eigenvalue weighted by molar-refractivity contribution is -0.181. The topological polar surface area (TPSA) is 202 Å². The highest BCUT2D eigenvalue weighted by Gasteiger charge is 2.70. The Kier molecular flexibility index (Phi) is 5.17. The van der Waals surface area contributed by atoms with Crippen molar-refractivity contribution in [2.45, 2.75) is 30.3 Å². The van der Waals surface area contributed by atoms with E-state index in [1.165, 1.54) is 32.0 Å². The lowest BCUT2D eigenvalue weighted by Crippen LogP contribution is -2.71. The number of aromatic hydroxyl groups is 1. The van der Waals surface area contributed by atoms with Crippen molar-refractivity contribution >= 4 is 34.8 Å². The Morgan fingerprint density at radius 2 is 1.74 bits per heavy atom. The van der Waals surface area contributed by atoms with Gasteiger partial charge < -0.3 is 36.4 Å². The summed E-state index contributed by atoms with van der Waals surface area (Å²) in [5, 5.41) is 66.6. The fourth-order valence-corrected chi connectivity index (χ4v) is 6.02. The van der Waals surface area contributed by atoms with E-state index in [0.29, 0.717) is 0 Å². The number of hydrogen-bond acceptors (Lipinski definition) is 10. The van der Waals surface area contributed by atoms with Crippen molar-refractivity contribution in [1.29, 1.82) is 0 Å². The fourth-order valence-electron chi connectivity index (χ4n) is 5.68. The smallest absolute Gasteiger partial charge is 0.255 e. The predicted molar refractivity (Wildman–Crippen MR) is 117 cm³/mol. The van der Waals surface area contributed by atoms with Gasteiger partial charge in [0.1, 0.15) is 22.8 Å². The van der Waals surface area contributed by atoms with Gasteiger partial charge in [0.05, 0.1) is 40.7 Å². The van der Waals surface area contributed by atoms with Crippen molar-refractivity contribution in [3.05, 3.63) is 45.2 Å². The normalized spacial score (nSPS) is 35.3. The maximum atomic E-state index is 13.7. The summed E-state index contributed by atoms with van der Waals surface area (Å²) >= 11 is 6.24. The molecule has 0 aromatic heterocycles. The molecule has 0 heterocycles. The zero-order chi connectivity index (χ0) is 25.7. The van der Waals surface area contributed by atoms with Crippen molar-refractivity contribution < 1.29 is 45.0 Å². The second kappa shape index (κ2) is 7.27. The number of benzene rings is 1. The van der Waals surface area contributed by atoms with Crippen LogP contribution < -0.4 is 5.73 Å². The number of phenols is 1. The molecule has 0 unspecified atom stereocenters. The van der Waals surface area contributed by atoms with E-state index in [9.17, 15) is 45.0 Å². The molecule has 3 aliphatic carbocycles. The number of fused-ring (bicyclic) bond motifs is 3. The Labute approximate surface area is 198 Å². The summed E-state index contributed by atoms with van der Waals surface area (Å²) in [7, 11) is 2.76. The van der Waals surface area contributed by atoms with Gasteiger partial charge in [-0.3, -0.25) is 19.3 Å². The molecule has 34 heavy (non-hydrogen) atoms. The van der Waals surface area contributed by atoms with Crippen LogP contribution in [0.15, 0.2) is 29.0 Å². The summed E-state index contributed by atoms with van der Waals surface area (Å²) in [6, 6.07) is 0.832. The number of Topliss-reactive ketones (excluding diaryl/α,β-unsaturated/α-hetero) is 2. The number of phenolic OH excluding ortho intramolecular Hbond substituents is 1. The molecule has 3 aliphatic rings. The lowest BCUT2D eigenvalue weighted by atomic mass is 9.53. The zero-order valence-corrected chi connectivity index (χ0v) is 19.0. The minimum atomic E-state index is -3.06. The third-order valence-corrected chi connectivity index (χ3v) is 7.40. The van der Waals surface area contributed by atoms with Gasteiger partial charge in [0.15, 0.2) is 11.4 Å². The first-order chi connectivity index (χ1) is 15.6. The number of halogens is 1. The molecule has 11 nitrogen and oxygen atoms in total. The van der Waals surface area contributed by atoms with Crippen LogP contribution in [0.1, 0.15) is 18.1 Å². The number of rotatable bonds is 2. The monoisotopic (exact) mass is 494 g/mol. The second-order valence-electron chi connectivity index (χ2n) is 9.18. The van der Waals surface area contributed by atoms with E-state index in [1.54, 1.807) is 0 Å². The molecule has 1 aromatic carbocycles. The maximum absolute atomic E-state index is 13.7. The minimum absolute atomic E-state index is 0.0912. The molecule has 8 N–H and O–H groups in total. The summed E-state index contributed by atoms with van der Waals surface area (Å²) < 4.78 is 0. The van der Waals surface area contributed by atoms with Crippen LogP contribution in [0.2, 0.25) is 5.02 Å². The van der Waals surface area contributed by atoms with Crippen molar-refractivity contribution in [3.63, 3.8) is 0 Å². The summed E-state index contributed by atoms with van der Waals surface area (Å²) in [5.41, 5.74) is -2.33. The predicted octanol–water partition coefficient (Wildman–Crippen LogP) is -0.747. The first kappa shape index (κ1) is 24.2. The van der Waals surface area contributed by atoms with Crippen LogP contribution in [0.25, 0.3) is 5.76 Å². The van der Waals surface area contributed by atoms with Gasteiger partial charge in [-0.25, -0.2) is 0 Å². The third-order valence-electron chi connectivity index (χ3n) is 7.09. The number of amides is 1. The Hall–Kier alpha value is -2.96. The number of ketones is 2. The van der Waals surface area contributed by atoms with Crippen LogP contribution in [0.4, 0.5) is 0 Å². The standard InChI is InChI=1S/C22H23ClN2O9/c1-21(33)11-6(23)4-5-7(26)8(11)15(27)9-12(21)17(29)13-14(25(2)3)16(28)10(20(24)32)19(31)22(13,34)18(9)30/h4-5,12-14,17,26-27,29,31,33-34H,1-3H3,(H2,24,32)/t12-,13-,14+,17+,21-,22+/m1/s1. The molecular weight excluding hydrogens is 472 g/mol. The Morgan fingerprint density at radius 3 is 2.26 bits per heavy atom. The van der Waals surface area contributed by atoms with E-state index < -0.39 is 86.6 Å². The molecule has 0 radical (unpaired) electrons. The Balaban J connectivity index is 2.13. The highest BCUT2D eigenvalue weighted by Crippen LogP contribution is 2.58. The summed E-state index contributed by atoms with van der Waals surface area (Å²) in [5.74, 6) is -10.1. The molecule has 182 valence electrons. The number of carbonyl (C=O) groups excluding carboxylic acids is 3. The van der Waals surface area contributed by atoms with E-state index in [-0.39, 0.29) is 10.6 Å². The van der Waals surface area contributed by atoms with Gasteiger partial charge in [-0.15, -0.1) is 0 Å². The Morgan fingerprint density at radius 1 is 1.15 bits per heavy atom. The molecule has 6 atom stereocenters. The molecule has 0 bridgehead atoms. The van der Waals surface area contributed by atoms with E-state index in [2.05, 4.69) is 0 Å². The van der Waals surface area contributed by atoms with Gasteiger partial charge in [-0.2, -0.15) is 0 Å². The average Bonchev–Trinajstić information content (AvgIpc) is 2.72. The van der Waals surface area contributed by atoms with E-state index in [0.717, 1.165) is 6.07 Å². The quantitative estimate of drug-likeness (QED) is 0.256. The largest absolute Gasteiger partial charge is 0.508 e. The molecule has 0 saturated heterocycles. The van der Waals surface area contributed by atoms with Crippen LogP contribution in [-0.2, 0) is 20.0 Å². The molecule has 1 aromatic rings. The summed E-state index contributed by atoms with van der Waals surface area (Å²) in [6.07, 6.45) is -1.94. The molecule has 1 saturated carbocycles. The molecule has 0 spiro atoms. The number of nitrogens with two attached hydrogens (primary N) is 1. The number of carbonyl (C=O) groups is 3. The zero-order valence-electron chi connectivity index (χ0n) is 18.3. The van der Waals surface area contributed by atoms with Gasteiger partial charge in [-0.1, -0.05) is 11.6 Å². The van der Waals surface area contributed by atoms with Crippen LogP contribution in [0.3, 0.4) is 0 Å². The van der Waals surface area contributed by atoms with Crippen molar-refractivity contribution in [2.24, 2.45) is 17.6 Å². The molecule has 1 fully saturated rings. The average molecular weight is 495 g/mol. The second-order valence-corrected chi connectivity index (χ2v) is 9.58. The maximum Gasteiger partial charge on any atom is 0.255 e.